The monoisotopic (exact) mass is 292 g/mol. The number of amides is 2. The minimum Gasteiger partial charge on any atom is -0.497 e. The molecule has 116 valence electrons. The van der Waals surface area contributed by atoms with Crippen LogP contribution in [0.25, 0.3) is 0 Å². The van der Waals surface area contributed by atoms with Crippen molar-refractivity contribution in [3.63, 3.8) is 0 Å². The van der Waals surface area contributed by atoms with Gasteiger partial charge in [-0.15, -0.1) is 0 Å². The molecular formula is C16H24N2O3. The summed E-state index contributed by atoms with van der Waals surface area (Å²) in [4.78, 5) is 25.8. The summed E-state index contributed by atoms with van der Waals surface area (Å²) in [6, 6.07) is 7.09. The van der Waals surface area contributed by atoms with Crippen LogP contribution < -0.4 is 10.1 Å². The number of carbonyl (C=O) groups is 2. The Labute approximate surface area is 126 Å². The SMILES string of the molecule is CCC(=O)N(Cc1cccc(OC)c1)C(CC)C(=O)NC. The predicted molar refractivity (Wildman–Crippen MR) is 82.0 cm³/mol. The van der Waals surface area contributed by atoms with Crippen molar-refractivity contribution in [3.05, 3.63) is 29.8 Å². The molecule has 1 atom stereocenters. The van der Waals surface area contributed by atoms with Crippen LogP contribution in [0.2, 0.25) is 0 Å². The van der Waals surface area contributed by atoms with E-state index in [1.807, 2.05) is 31.2 Å². The van der Waals surface area contributed by atoms with Gasteiger partial charge in [0, 0.05) is 20.0 Å². The molecule has 0 spiro atoms. The van der Waals surface area contributed by atoms with E-state index in [0.717, 1.165) is 11.3 Å². The van der Waals surface area contributed by atoms with Crippen LogP contribution in [0.1, 0.15) is 32.3 Å². The third-order valence-electron chi connectivity index (χ3n) is 3.42. The largest absolute Gasteiger partial charge is 0.497 e. The molecule has 1 aromatic rings. The molecule has 0 aliphatic heterocycles. The lowest BCUT2D eigenvalue weighted by Gasteiger charge is -2.30. The molecule has 0 heterocycles. The fourth-order valence-corrected chi connectivity index (χ4v) is 2.26. The number of rotatable bonds is 7. The molecule has 0 radical (unpaired) electrons. The Morgan fingerprint density at radius 2 is 2.05 bits per heavy atom. The molecule has 0 aliphatic carbocycles. The third-order valence-corrected chi connectivity index (χ3v) is 3.42. The molecule has 1 N–H and O–H groups in total. The van der Waals surface area contributed by atoms with E-state index in [2.05, 4.69) is 5.32 Å². The first kappa shape index (κ1) is 17.0. The number of carbonyl (C=O) groups excluding carboxylic acids is 2. The van der Waals surface area contributed by atoms with E-state index < -0.39 is 6.04 Å². The first-order chi connectivity index (χ1) is 10.1. The van der Waals surface area contributed by atoms with Gasteiger partial charge in [-0.05, 0) is 24.1 Å². The number of nitrogens with one attached hydrogen (secondary N) is 1. The molecule has 2 amide bonds. The van der Waals surface area contributed by atoms with Crippen LogP contribution >= 0.6 is 0 Å². The maximum absolute atomic E-state index is 12.2. The number of likely N-dealkylation sites (N-methyl/N-ethyl adjacent to an activating group) is 1. The van der Waals surface area contributed by atoms with Crippen molar-refractivity contribution in [1.82, 2.24) is 10.2 Å². The van der Waals surface area contributed by atoms with Crippen LogP contribution in [0.3, 0.4) is 0 Å². The molecule has 1 rings (SSSR count). The zero-order valence-electron chi connectivity index (χ0n) is 13.2. The maximum atomic E-state index is 12.2. The van der Waals surface area contributed by atoms with Crippen molar-refractivity contribution in [1.29, 1.82) is 0 Å². The van der Waals surface area contributed by atoms with Crippen LogP contribution in [0.15, 0.2) is 24.3 Å². The fourth-order valence-electron chi connectivity index (χ4n) is 2.26. The standard InChI is InChI=1S/C16H24N2O3/c1-5-14(16(20)17-3)18(15(19)6-2)11-12-8-7-9-13(10-12)21-4/h7-10,14H,5-6,11H2,1-4H3,(H,17,20). The summed E-state index contributed by atoms with van der Waals surface area (Å²) < 4.78 is 5.20. The van der Waals surface area contributed by atoms with Crippen LogP contribution in [0, 0.1) is 0 Å². The molecular weight excluding hydrogens is 268 g/mol. The van der Waals surface area contributed by atoms with E-state index in [-0.39, 0.29) is 11.8 Å². The normalized spacial score (nSPS) is 11.6. The van der Waals surface area contributed by atoms with E-state index >= 15 is 0 Å². The average molecular weight is 292 g/mol. The van der Waals surface area contributed by atoms with Crippen molar-refractivity contribution in [2.45, 2.75) is 39.3 Å². The lowest BCUT2D eigenvalue weighted by atomic mass is 10.1. The summed E-state index contributed by atoms with van der Waals surface area (Å²) in [6.07, 6.45) is 0.951. The van der Waals surface area contributed by atoms with E-state index in [9.17, 15) is 9.59 Å². The van der Waals surface area contributed by atoms with Crippen molar-refractivity contribution in [2.24, 2.45) is 0 Å². The minimum atomic E-state index is -0.450. The van der Waals surface area contributed by atoms with Gasteiger partial charge in [0.25, 0.3) is 0 Å². The van der Waals surface area contributed by atoms with Gasteiger partial charge < -0.3 is 15.0 Å². The summed E-state index contributed by atoms with van der Waals surface area (Å²) >= 11 is 0. The van der Waals surface area contributed by atoms with Gasteiger partial charge in [-0.2, -0.15) is 0 Å². The molecule has 0 bridgehead atoms. The first-order valence-corrected chi connectivity index (χ1v) is 7.21. The molecule has 1 aromatic carbocycles. The summed E-state index contributed by atoms with van der Waals surface area (Å²) in [5.74, 6) is 0.569. The first-order valence-electron chi connectivity index (χ1n) is 7.21. The second kappa shape index (κ2) is 8.29. The Morgan fingerprint density at radius 1 is 1.33 bits per heavy atom. The van der Waals surface area contributed by atoms with Gasteiger partial charge in [0.2, 0.25) is 11.8 Å². The van der Waals surface area contributed by atoms with Gasteiger partial charge in [-0.3, -0.25) is 9.59 Å². The lowest BCUT2D eigenvalue weighted by Crippen LogP contribution is -2.48. The number of benzene rings is 1. The molecule has 0 fully saturated rings. The van der Waals surface area contributed by atoms with Gasteiger partial charge in [0.05, 0.1) is 7.11 Å². The van der Waals surface area contributed by atoms with E-state index in [0.29, 0.717) is 19.4 Å². The highest BCUT2D eigenvalue weighted by molar-refractivity contribution is 5.87. The van der Waals surface area contributed by atoms with E-state index in [4.69, 9.17) is 4.74 Å². The number of hydrogen-bond donors (Lipinski definition) is 1. The summed E-state index contributed by atoms with van der Waals surface area (Å²) in [6.45, 7) is 4.11. The van der Waals surface area contributed by atoms with Gasteiger partial charge in [-0.25, -0.2) is 0 Å². The third kappa shape index (κ3) is 4.48. The predicted octanol–water partition coefficient (Wildman–Crippen LogP) is 1.96. The molecule has 5 nitrogen and oxygen atoms in total. The van der Waals surface area contributed by atoms with Crippen LogP contribution in [0.5, 0.6) is 5.75 Å². The van der Waals surface area contributed by atoms with Crippen LogP contribution in [0.4, 0.5) is 0 Å². The number of methoxy groups -OCH3 is 1. The fraction of sp³-hybridized carbons (Fsp3) is 0.500. The molecule has 0 saturated heterocycles. The highest BCUT2D eigenvalue weighted by atomic mass is 16.5. The maximum Gasteiger partial charge on any atom is 0.242 e. The molecule has 0 aromatic heterocycles. The highest BCUT2D eigenvalue weighted by Crippen LogP contribution is 2.17. The van der Waals surface area contributed by atoms with E-state index in [1.165, 1.54) is 0 Å². The lowest BCUT2D eigenvalue weighted by molar-refractivity contribution is -0.141. The smallest absolute Gasteiger partial charge is 0.242 e. The molecule has 0 saturated carbocycles. The molecule has 5 heteroatoms. The minimum absolute atomic E-state index is 0.0340. The van der Waals surface area contributed by atoms with Crippen molar-refractivity contribution in [2.75, 3.05) is 14.2 Å². The molecule has 0 aliphatic rings. The topological polar surface area (TPSA) is 58.6 Å². The highest BCUT2D eigenvalue weighted by Gasteiger charge is 2.26. The Morgan fingerprint density at radius 3 is 2.57 bits per heavy atom. The average Bonchev–Trinajstić information content (AvgIpc) is 2.53. The zero-order valence-corrected chi connectivity index (χ0v) is 13.2. The van der Waals surface area contributed by atoms with Gasteiger partial charge in [0.1, 0.15) is 11.8 Å². The second-order valence-corrected chi connectivity index (χ2v) is 4.77. The van der Waals surface area contributed by atoms with Gasteiger partial charge in [0.15, 0.2) is 0 Å². The Hall–Kier alpha value is -2.04. The number of ether oxygens (including phenoxy) is 1. The molecule has 1 unspecified atom stereocenters. The zero-order chi connectivity index (χ0) is 15.8. The Kier molecular flexibility index (Phi) is 6.72. The van der Waals surface area contributed by atoms with Crippen molar-refractivity contribution >= 4 is 11.8 Å². The summed E-state index contributed by atoms with van der Waals surface area (Å²) in [7, 11) is 3.19. The Balaban J connectivity index is 3.01. The molecule has 21 heavy (non-hydrogen) atoms. The van der Waals surface area contributed by atoms with Crippen molar-refractivity contribution in [3.8, 4) is 5.75 Å². The van der Waals surface area contributed by atoms with Gasteiger partial charge >= 0.3 is 0 Å². The van der Waals surface area contributed by atoms with Gasteiger partial charge in [-0.1, -0.05) is 26.0 Å². The number of hydrogen-bond acceptors (Lipinski definition) is 3. The van der Waals surface area contributed by atoms with Crippen LogP contribution in [-0.2, 0) is 16.1 Å². The quantitative estimate of drug-likeness (QED) is 0.835. The van der Waals surface area contributed by atoms with Crippen molar-refractivity contribution < 1.29 is 14.3 Å². The Bertz CT molecular complexity index is 488. The summed E-state index contributed by atoms with van der Waals surface area (Å²) in [5, 5.41) is 2.63. The summed E-state index contributed by atoms with van der Waals surface area (Å²) in [5.41, 5.74) is 0.943. The second-order valence-electron chi connectivity index (χ2n) is 4.77. The van der Waals surface area contributed by atoms with E-state index in [1.54, 1.807) is 26.0 Å². The number of nitrogens with zero attached hydrogens (tertiary/aromatic N) is 1. The van der Waals surface area contributed by atoms with Crippen LogP contribution in [-0.4, -0.2) is 36.9 Å².